The first-order valence-corrected chi connectivity index (χ1v) is 4.99. The van der Waals surface area contributed by atoms with Crippen molar-refractivity contribution in [1.29, 1.82) is 0 Å². The summed E-state index contributed by atoms with van der Waals surface area (Å²) in [6.45, 7) is 6.04. The van der Waals surface area contributed by atoms with Crippen LogP contribution in [0.15, 0.2) is 16.5 Å². The lowest BCUT2D eigenvalue weighted by atomic mass is 10.4. The lowest BCUT2D eigenvalue weighted by Crippen LogP contribution is -1.73. The molecule has 2 nitrogen and oxygen atoms in total. The molecule has 2 aromatic heterocycles. The van der Waals surface area contributed by atoms with E-state index in [0.717, 1.165) is 22.2 Å². The fourth-order valence-corrected chi connectivity index (χ4v) is 2.00. The number of aromatic nitrogens is 1. The zero-order valence-electron chi connectivity index (χ0n) is 7.92. The molecule has 2 heterocycles. The smallest absolute Gasteiger partial charge is 0.162 e. The Morgan fingerprint density at radius 2 is 2.00 bits per heavy atom. The van der Waals surface area contributed by atoms with Crippen LogP contribution >= 0.6 is 11.3 Å². The van der Waals surface area contributed by atoms with Crippen LogP contribution in [0.2, 0.25) is 0 Å². The van der Waals surface area contributed by atoms with Crippen molar-refractivity contribution in [3.8, 4) is 10.8 Å². The molecule has 2 rings (SSSR count). The van der Waals surface area contributed by atoms with E-state index >= 15 is 0 Å². The molecule has 0 aliphatic heterocycles. The van der Waals surface area contributed by atoms with Gasteiger partial charge in [-0.05, 0) is 32.9 Å². The van der Waals surface area contributed by atoms with Crippen molar-refractivity contribution in [2.45, 2.75) is 20.8 Å². The summed E-state index contributed by atoms with van der Waals surface area (Å²) in [7, 11) is 0. The number of nitrogens with zero attached hydrogens (tertiary/aromatic N) is 1. The lowest BCUT2D eigenvalue weighted by molar-refractivity contribution is 0.548. The van der Waals surface area contributed by atoms with Crippen LogP contribution in [-0.2, 0) is 0 Å². The number of hydrogen-bond acceptors (Lipinski definition) is 3. The summed E-state index contributed by atoms with van der Waals surface area (Å²) in [4.78, 5) is 5.67. The maximum Gasteiger partial charge on any atom is 0.162 e. The van der Waals surface area contributed by atoms with E-state index in [-0.39, 0.29) is 0 Å². The molecule has 0 N–H and O–H groups in total. The number of hydrogen-bond donors (Lipinski definition) is 0. The molecule has 13 heavy (non-hydrogen) atoms. The van der Waals surface area contributed by atoms with E-state index in [2.05, 4.69) is 11.9 Å². The van der Waals surface area contributed by atoms with Crippen LogP contribution in [0.25, 0.3) is 10.8 Å². The number of thiazole rings is 1. The second kappa shape index (κ2) is 3.00. The third kappa shape index (κ3) is 1.52. The van der Waals surface area contributed by atoms with Gasteiger partial charge in [0, 0.05) is 4.88 Å². The molecular weight excluding hydrogens is 182 g/mol. The first-order chi connectivity index (χ1) is 6.16. The predicted octanol–water partition coefficient (Wildman–Crippen LogP) is 3.33. The average molecular weight is 193 g/mol. The minimum atomic E-state index is 0.874. The molecule has 0 aliphatic carbocycles. The Bertz CT molecular complexity index is 408. The van der Waals surface area contributed by atoms with E-state index < -0.39 is 0 Å². The van der Waals surface area contributed by atoms with E-state index in [1.54, 1.807) is 11.3 Å². The van der Waals surface area contributed by atoms with Gasteiger partial charge in [0.15, 0.2) is 10.8 Å². The highest BCUT2D eigenvalue weighted by atomic mass is 32.1. The van der Waals surface area contributed by atoms with E-state index in [4.69, 9.17) is 4.42 Å². The molecule has 0 aromatic carbocycles. The fourth-order valence-electron chi connectivity index (χ4n) is 1.13. The number of furan rings is 1. The highest BCUT2D eigenvalue weighted by Gasteiger charge is 2.08. The van der Waals surface area contributed by atoms with Crippen LogP contribution in [0.5, 0.6) is 0 Å². The summed E-state index contributed by atoms with van der Waals surface area (Å²) in [5.41, 5.74) is 1.09. The Kier molecular flexibility index (Phi) is 1.96. The van der Waals surface area contributed by atoms with E-state index in [1.807, 2.05) is 26.0 Å². The molecule has 0 saturated carbocycles. The second-order valence-electron chi connectivity index (χ2n) is 3.07. The van der Waals surface area contributed by atoms with E-state index in [0.29, 0.717) is 0 Å². The maximum atomic E-state index is 5.49. The molecule has 0 saturated heterocycles. The predicted molar refractivity (Wildman–Crippen MR) is 54.0 cm³/mol. The van der Waals surface area contributed by atoms with E-state index in [9.17, 15) is 0 Å². The average Bonchev–Trinajstić information content (AvgIpc) is 2.61. The molecule has 0 amide bonds. The third-order valence-electron chi connectivity index (χ3n) is 1.98. The van der Waals surface area contributed by atoms with Crippen LogP contribution < -0.4 is 0 Å². The van der Waals surface area contributed by atoms with Gasteiger partial charge in [0.05, 0.1) is 5.69 Å². The minimum absolute atomic E-state index is 0.874. The van der Waals surface area contributed by atoms with Gasteiger partial charge in [0.2, 0.25) is 0 Å². The van der Waals surface area contributed by atoms with Gasteiger partial charge in [-0.3, -0.25) is 0 Å². The van der Waals surface area contributed by atoms with Crippen LogP contribution in [0.3, 0.4) is 0 Å². The van der Waals surface area contributed by atoms with Crippen molar-refractivity contribution in [3.05, 3.63) is 28.5 Å². The molecule has 0 atom stereocenters. The molecule has 0 aliphatic rings. The number of aryl methyl sites for hydroxylation is 3. The summed E-state index contributed by atoms with van der Waals surface area (Å²) in [6, 6.07) is 3.93. The normalized spacial score (nSPS) is 10.7. The van der Waals surface area contributed by atoms with Crippen molar-refractivity contribution < 1.29 is 4.42 Å². The molecule has 3 heteroatoms. The van der Waals surface area contributed by atoms with Crippen LogP contribution in [0, 0.1) is 20.8 Å². The highest BCUT2D eigenvalue weighted by molar-refractivity contribution is 7.15. The first-order valence-electron chi connectivity index (χ1n) is 4.17. The second-order valence-corrected chi connectivity index (χ2v) is 4.27. The Hall–Kier alpha value is -1.09. The Labute approximate surface area is 81.2 Å². The first kappa shape index (κ1) is 8.51. The van der Waals surface area contributed by atoms with Crippen LogP contribution in [0.1, 0.15) is 16.3 Å². The van der Waals surface area contributed by atoms with Gasteiger partial charge in [0.25, 0.3) is 0 Å². The monoisotopic (exact) mass is 193 g/mol. The van der Waals surface area contributed by atoms with Gasteiger partial charge in [0.1, 0.15) is 5.76 Å². The summed E-state index contributed by atoms with van der Waals surface area (Å²) < 4.78 is 5.49. The van der Waals surface area contributed by atoms with Crippen molar-refractivity contribution >= 4 is 11.3 Å². The summed E-state index contributed by atoms with van der Waals surface area (Å²) in [6.07, 6.45) is 0. The number of rotatable bonds is 1. The molecule has 0 unspecified atom stereocenters. The van der Waals surface area contributed by atoms with Crippen molar-refractivity contribution in [2.24, 2.45) is 0 Å². The molecule has 0 radical (unpaired) electrons. The van der Waals surface area contributed by atoms with Crippen molar-refractivity contribution in [2.75, 3.05) is 0 Å². The van der Waals surface area contributed by atoms with Gasteiger partial charge in [-0.2, -0.15) is 0 Å². The minimum Gasteiger partial charge on any atom is -0.459 e. The lowest BCUT2D eigenvalue weighted by Gasteiger charge is -1.86. The largest absolute Gasteiger partial charge is 0.459 e. The van der Waals surface area contributed by atoms with Gasteiger partial charge in [-0.25, -0.2) is 4.98 Å². The van der Waals surface area contributed by atoms with Crippen LogP contribution in [0.4, 0.5) is 0 Å². The zero-order valence-corrected chi connectivity index (χ0v) is 8.73. The van der Waals surface area contributed by atoms with Gasteiger partial charge < -0.3 is 4.42 Å². The molecule has 68 valence electrons. The molecule has 0 bridgehead atoms. The standard InChI is InChI=1S/C10H11NOS/c1-6-4-5-9(12-6)10-11-7(2)8(3)13-10/h4-5H,1-3H3. The molecule has 2 aromatic rings. The zero-order chi connectivity index (χ0) is 9.42. The van der Waals surface area contributed by atoms with Crippen LogP contribution in [-0.4, -0.2) is 4.98 Å². The van der Waals surface area contributed by atoms with E-state index in [1.165, 1.54) is 4.88 Å². The fraction of sp³-hybridized carbons (Fsp3) is 0.300. The Morgan fingerprint density at radius 3 is 2.46 bits per heavy atom. The Balaban J connectivity index is 2.46. The molecule has 0 spiro atoms. The third-order valence-corrected chi connectivity index (χ3v) is 3.07. The molecular formula is C10H11NOS. The van der Waals surface area contributed by atoms with Gasteiger partial charge in [-0.1, -0.05) is 0 Å². The summed E-state index contributed by atoms with van der Waals surface area (Å²) in [5.74, 6) is 1.80. The quantitative estimate of drug-likeness (QED) is 0.694. The highest BCUT2D eigenvalue weighted by Crippen LogP contribution is 2.28. The molecule has 0 fully saturated rings. The topological polar surface area (TPSA) is 26.0 Å². The van der Waals surface area contributed by atoms with Gasteiger partial charge >= 0.3 is 0 Å². The Morgan fingerprint density at radius 1 is 1.23 bits per heavy atom. The maximum absolute atomic E-state index is 5.49. The van der Waals surface area contributed by atoms with Crippen molar-refractivity contribution in [3.63, 3.8) is 0 Å². The summed E-state index contributed by atoms with van der Waals surface area (Å²) in [5, 5.41) is 0.975. The summed E-state index contributed by atoms with van der Waals surface area (Å²) >= 11 is 1.68. The SMILES string of the molecule is Cc1ccc(-c2nc(C)c(C)s2)o1. The van der Waals surface area contributed by atoms with Gasteiger partial charge in [-0.15, -0.1) is 11.3 Å². The van der Waals surface area contributed by atoms with Crippen molar-refractivity contribution in [1.82, 2.24) is 4.98 Å².